The number of anilines is 1. The van der Waals surface area contributed by atoms with E-state index in [0.717, 1.165) is 6.07 Å². The van der Waals surface area contributed by atoms with Gasteiger partial charge in [0.15, 0.2) is 18.3 Å². The Morgan fingerprint density at radius 1 is 1.18 bits per heavy atom. The molecule has 0 spiro atoms. The highest BCUT2D eigenvalue weighted by molar-refractivity contribution is 14.0. The fourth-order valence-electron chi connectivity index (χ4n) is 1.95. The zero-order chi connectivity index (χ0) is 19.9. The van der Waals surface area contributed by atoms with E-state index in [-0.39, 0.29) is 48.0 Å². The van der Waals surface area contributed by atoms with Crippen LogP contribution in [-0.2, 0) is 6.54 Å². The molecule has 0 saturated heterocycles. The van der Waals surface area contributed by atoms with Crippen LogP contribution in [0.1, 0.15) is 5.56 Å². The molecular formula is C16H16F5IN4O2. The third-order valence-electron chi connectivity index (χ3n) is 2.99. The van der Waals surface area contributed by atoms with Gasteiger partial charge in [0.25, 0.3) is 6.43 Å². The first-order valence-electron chi connectivity index (χ1n) is 7.51. The van der Waals surface area contributed by atoms with Crippen LogP contribution in [0, 0.1) is 0 Å². The van der Waals surface area contributed by atoms with Crippen LogP contribution in [0.3, 0.4) is 0 Å². The lowest BCUT2D eigenvalue weighted by atomic mass is 10.3. The quantitative estimate of drug-likeness (QED) is 0.249. The predicted molar refractivity (Wildman–Crippen MR) is 103 cm³/mol. The summed E-state index contributed by atoms with van der Waals surface area (Å²) < 4.78 is 70.6. The first kappa shape index (κ1) is 23.7. The van der Waals surface area contributed by atoms with Crippen molar-refractivity contribution in [1.29, 1.82) is 0 Å². The van der Waals surface area contributed by atoms with Crippen molar-refractivity contribution in [2.24, 2.45) is 10.7 Å². The molecule has 154 valence electrons. The maximum absolute atomic E-state index is 12.4. The van der Waals surface area contributed by atoms with Gasteiger partial charge in [-0.3, -0.25) is 0 Å². The van der Waals surface area contributed by atoms with E-state index in [1.54, 1.807) is 12.1 Å². The molecule has 2 rings (SSSR count). The first-order valence-corrected chi connectivity index (χ1v) is 7.51. The number of pyridine rings is 1. The van der Waals surface area contributed by atoms with Gasteiger partial charge in [-0.1, -0.05) is 18.2 Å². The second-order valence-corrected chi connectivity index (χ2v) is 5.04. The second-order valence-electron chi connectivity index (χ2n) is 5.04. The number of aromatic nitrogens is 1. The van der Waals surface area contributed by atoms with Crippen LogP contribution < -0.4 is 20.5 Å². The standard InChI is InChI=1S/C16H15F5N4O2.HI/c17-13(18)9-26-14-10(4-3-7-23-14)8-24-15(22)25-11-5-1-2-6-12(11)27-16(19,20)21;/h1-7,13H,8-9H2,(H3,22,24,25);1H. The summed E-state index contributed by atoms with van der Waals surface area (Å²) in [5.74, 6) is -0.725. The van der Waals surface area contributed by atoms with Crippen molar-refractivity contribution in [1.82, 2.24) is 4.98 Å². The fourth-order valence-corrected chi connectivity index (χ4v) is 1.95. The van der Waals surface area contributed by atoms with Crippen LogP contribution >= 0.6 is 24.0 Å². The molecule has 0 fully saturated rings. The highest BCUT2D eigenvalue weighted by atomic mass is 127. The Hall–Kier alpha value is -2.38. The molecule has 0 aliphatic carbocycles. The minimum Gasteiger partial charge on any atom is -0.471 e. The van der Waals surface area contributed by atoms with E-state index in [1.165, 1.54) is 24.4 Å². The molecule has 0 aliphatic heterocycles. The van der Waals surface area contributed by atoms with Gasteiger partial charge < -0.3 is 20.5 Å². The molecule has 0 amide bonds. The van der Waals surface area contributed by atoms with Crippen molar-refractivity contribution in [2.75, 3.05) is 11.9 Å². The smallest absolute Gasteiger partial charge is 0.471 e. The summed E-state index contributed by atoms with van der Waals surface area (Å²) in [6, 6.07) is 8.38. The van der Waals surface area contributed by atoms with Gasteiger partial charge in [0, 0.05) is 11.8 Å². The molecule has 6 nitrogen and oxygen atoms in total. The predicted octanol–water partition coefficient (Wildman–Crippen LogP) is 4.17. The molecular weight excluding hydrogens is 502 g/mol. The molecule has 0 radical (unpaired) electrons. The molecule has 0 aliphatic rings. The Morgan fingerprint density at radius 3 is 2.57 bits per heavy atom. The third-order valence-corrected chi connectivity index (χ3v) is 2.99. The number of guanidine groups is 1. The average molecular weight is 518 g/mol. The van der Waals surface area contributed by atoms with Crippen LogP contribution in [0.25, 0.3) is 0 Å². The zero-order valence-corrected chi connectivity index (χ0v) is 16.4. The number of aliphatic imine (C=N–C) groups is 1. The summed E-state index contributed by atoms with van der Waals surface area (Å²) in [6.07, 6.45) is -6.17. The number of benzene rings is 1. The molecule has 2 aromatic rings. The third kappa shape index (κ3) is 8.10. The number of halogens is 6. The maximum atomic E-state index is 12.4. The Morgan fingerprint density at radius 2 is 1.89 bits per heavy atom. The molecule has 28 heavy (non-hydrogen) atoms. The van der Waals surface area contributed by atoms with Crippen molar-refractivity contribution in [3.63, 3.8) is 0 Å². The van der Waals surface area contributed by atoms with Crippen molar-refractivity contribution in [3.05, 3.63) is 48.2 Å². The van der Waals surface area contributed by atoms with E-state index in [4.69, 9.17) is 10.5 Å². The zero-order valence-electron chi connectivity index (χ0n) is 14.1. The van der Waals surface area contributed by atoms with Gasteiger partial charge >= 0.3 is 6.36 Å². The van der Waals surface area contributed by atoms with Crippen molar-refractivity contribution < 1.29 is 31.4 Å². The largest absolute Gasteiger partial charge is 0.573 e. The fraction of sp³-hybridized carbons (Fsp3) is 0.250. The lowest BCUT2D eigenvalue weighted by Crippen LogP contribution is -2.24. The number of nitrogens with two attached hydrogens (primary N) is 1. The molecule has 12 heteroatoms. The maximum Gasteiger partial charge on any atom is 0.573 e. The summed E-state index contributed by atoms with van der Waals surface area (Å²) in [5, 5.41) is 2.49. The summed E-state index contributed by atoms with van der Waals surface area (Å²) in [5.41, 5.74) is 6.01. The number of para-hydroxylation sites is 2. The number of nitrogens with zero attached hydrogens (tertiary/aromatic N) is 2. The van der Waals surface area contributed by atoms with Gasteiger partial charge in [0.1, 0.15) is 0 Å². The van der Waals surface area contributed by atoms with Gasteiger partial charge in [-0.05, 0) is 18.2 Å². The van der Waals surface area contributed by atoms with Gasteiger partial charge in [0.2, 0.25) is 5.88 Å². The second kappa shape index (κ2) is 10.8. The summed E-state index contributed by atoms with van der Waals surface area (Å²) in [7, 11) is 0. The highest BCUT2D eigenvalue weighted by Gasteiger charge is 2.32. The van der Waals surface area contributed by atoms with E-state index < -0.39 is 25.1 Å². The van der Waals surface area contributed by atoms with E-state index in [1.807, 2.05) is 0 Å². The summed E-state index contributed by atoms with van der Waals surface area (Å²) in [6.45, 7) is -0.919. The molecule has 3 N–H and O–H groups in total. The molecule has 1 aromatic carbocycles. The minimum absolute atomic E-state index is 0. The van der Waals surface area contributed by atoms with Gasteiger partial charge in [-0.25, -0.2) is 18.8 Å². The van der Waals surface area contributed by atoms with Crippen LogP contribution in [0.4, 0.5) is 27.6 Å². The normalized spacial score (nSPS) is 11.7. The van der Waals surface area contributed by atoms with Crippen molar-refractivity contribution in [3.8, 4) is 11.6 Å². The van der Waals surface area contributed by atoms with Crippen molar-refractivity contribution >= 4 is 35.6 Å². The molecule has 0 bridgehead atoms. The lowest BCUT2D eigenvalue weighted by Gasteiger charge is -2.14. The Labute approximate surface area is 174 Å². The molecule has 0 saturated carbocycles. The first-order chi connectivity index (χ1) is 12.7. The Bertz CT molecular complexity index is 790. The molecule has 1 aromatic heterocycles. The number of ether oxygens (including phenoxy) is 2. The number of hydrogen-bond acceptors (Lipinski definition) is 4. The van der Waals surface area contributed by atoms with E-state index in [0.29, 0.717) is 5.56 Å². The van der Waals surface area contributed by atoms with Crippen LogP contribution in [-0.4, -0.2) is 30.3 Å². The topological polar surface area (TPSA) is 81.8 Å². The summed E-state index contributed by atoms with van der Waals surface area (Å²) >= 11 is 0. The molecule has 0 unspecified atom stereocenters. The van der Waals surface area contributed by atoms with Crippen LogP contribution in [0.15, 0.2) is 47.6 Å². The minimum atomic E-state index is -4.86. The number of alkyl halides is 5. The number of hydrogen-bond donors (Lipinski definition) is 2. The average Bonchev–Trinajstić information content (AvgIpc) is 2.59. The SMILES string of the molecule is I.NC(=NCc1cccnc1OCC(F)F)Nc1ccccc1OC(F)(F)F. The monoisotopic (exact) mass is 518 g/mol. The Kier molecular flexibility index (Phi) is 9.15. The van der Waals surface area contributed by atoms with E-state index in [9.17, 15) is 22.0 Å². The molecule has 0 atom stereocenters. The van der Waals surface area contributed by atoms with Crippen LogP contribution in [0.5, 0.6) is 11.6 Å². The van der Waals surface area contributed by atoms with Crippen LogP contribution in [0.2, 0.25) is 0 Å². The number of rotatable bonds is 7. The van der Waals surface area contributed by atoms with Gasteiger partial charge in [-0.15, -0.1) is 37.1 Å². The van der Waals surface area contributed by atoms with E-state index >= 15 is 0 Å². The number of nitrogens with one attached hydrogen (secondary N) is 1. The van der Waals surface area contributed by atoms with Crippen molar-refractivity contribution in [2.45, 2.75) is 19.3 Å². The van der Waals surface area contributed by atoms with Gasteiger partial charge in [0.05, 0.1) is 12.2 Å². The Balaban J connectivity index is 0.00000392. The lowest BCUT2D eigenvalue weighted by molar-refractivity contribution is -0.274. The van der Waals surface area contributed by atoms with E-state index in [2.05, 4.69) is 20.0 Å². The molecule has 1 heterocycles. The highest BCUT2D eigenvalue weighted by Crippen LogP contribution is 2.29. The summed E-state index contributed by atoms with van der Waals surface area (Å²) in [4.78, 5) is 7.79. The van der Waals surface area contributed by atoms with Gasteiger partial charge in [-0.2, -0.15) is 0 Å².